The lowest BCUT2D eigenvalue weighted by molar-refractivity contribution is 0.0706. The number of halogens is 2. The maximum Gasteiger partial charge on any atom is 0.333 e. The molecule has 0 radical (unpaired) electrons. The molecule has 6 rings (SSSR count). The van der Waals surface area contributed by atoms with Crippen molar-refractivity contribution >= 4 is 45.0 Å². The third-order valence-electron chi connectivity index (χ3n) is 7.85. The van der Waals surface area contributed by atoms with Gasteiger partial charge in [-0.15, -0.1) is 0 Å². The second-order valence-electron chi connectivity index (χ2n) is 11.6. The number of aromatic nitrogens is 2. The van der Waals surface area contributed by atoms with Crippen LogP contribution in [0, 0.1) is 5.41 Å². The highest BCUT2D eigenvalue weighted by molar-refractivity contribution is 9.10. The third kappa shape index (κ3) is 5.39. The van der Waals surface area contributed by atoms with E-state index in [1.807, 2.05) is 54.6 Å². The van der Waals surface area contributed by atoms with Crippen molar-refractivity contribution in [3.63, 3.8) is 0 Å². The van der Waals surface area contributed by atoms with Gasteiger partial charge in [-0.05, 0) is 69.4 Å². The zero-order valence-corrected chi connectivity index (χ0v) is 25.8. The Morgan fingerprint density at radius 3 is 2.31 bits per heavy atom. The molecule has 1 saturated heterocycles. The van der Waals surface area contributed by atoms with Gasteiger partial charge in [0.2, 0.25) is 0 Å². The van der Waals surface area contributed by atoms with E-state index in [2.05, 4.69) is 40.0 Å². The van der Waals surface area contributed by atoms with Gasteiger partial charge < -0.3 is 15.1 Å². The summed E-state index contributed by atoms with van der Waals surface area (Å²) in [7, 11) is 0. The van der Waals surface area contributed by atoms with E-state index >= 15 is 0 Å². The quantitative estimate of drug-likeness (QED) is 0.300. The highest BCUT2D eigenvalue weighted by Crippen LogP contribution is 2.34. The summed E-state index contributed by atoms with van der Waals surface area (Å²) in [6.07, 6.45) is 0. The summed E-state index contributed by atoms with van der Waals surface area (Å²) in [5, 5.41) is 3.43. The van der Waals surface area contributed by atoms with Gasteiger partial charge in [-0.2, -0.15) is 0 Å². The molecular formula is C32H31BrClN5O3. The van der Waals surface area contributed by atoms with Crippen molar-refractivity contribution in [1.29, 1.82) is 0 Å². The molecule has 216 valence electrons. The Kier molecular flexibility index (Phi) is 7.49. The molecule has 3 heterocycles. The van der Waals surface area contributed by atoms with Gasteiger partial charge in [0.25, 0.3) is 11.8 Å². The van der Waals surface area contributed by atoms with Crippen molar-refractivity contribution in [2.75, 3.05) is 24.5 Å². The van der Waals surface area contributed by atoms with Crippen molar-refractivity contribution in [2.45, 2.75) is 33.5 Å². The summed E-state index contributed by atoms with van der Waals surface area (Å²) < 4.78 is 3.79. The van der Waals surface area contributed by atoms with Crippen molar-refractivity contribution < 1.29 is 9.59 Å². The Labute approximate surface area is 257 Å². The van der Waals surface area contributed by atoms with Gasteiger partial charge in [-0.3, -0.25) is 18.7 Å². The first-order valence-electron chi connectivity index (χ1n) is 13.9. The van der Waals surface area contributed by atoms with Gasteiger partial charge in [0.1, 0.15) is 5.69 Å². The molecule has 2 aliphatic heterocycles. The number of nitrogens with zero attached hydrogens (tertiary/aromatic N) is 4. The Morgan fingerprint density at radius 2 is 1.64 bits per heavy atom. The fourth-order valence-electron chi connectivity index (χ4n) is 5.76. The van der Waals surface area contributed by atoms with Crippen LogP contribution in [0.4, 0.5) is 5.69 Å². The minimum absolute atomic E-state index is 0.115. The number of hydrogen-bond acceptors (Lipinski definition) is 4. The molecule has 0 unspecified atom stereocenters. The smallest absolute Gasteiger partial charge is 0.333 e. The first-order valence-corrected chi connectivity index (χ1v) is 15.0. The zero-order valence-electron chi connectivity index (χ0n) is 23.4. The second kappa shape index (κ2) is 11.1. The number of carbonyl (C=O) groups is 2. The van der Waals surface area contributed by atoms with Gasteiger partial charge in [0.15, 0.2) is 0 Å². The predicted octanol–water partition coefficient (Wildman–Crippen LogP) is 5.49. The van der Waals surface area contributed by atoms with E-state index in [-0.39, 0.29) is 41.7 Å². The summed E-state index contributed by atoms with van der Waals surface area (Å²) in [5.74, 6) is -0.590. The molecular weight excluding hydrogens is 618 g/mol. The van der Waals surface area contributed by atoms with E-state index in [1.54, 1.807) is 27.7 Å². The van der Waals surface area contributed by atoms with Gasteiger partial charge in [0, 0.05) is 48.4 Å². The number of rotatable bonds is 6. The van der Waals surface area contributed by atoms with Crippen LogP contribution in [0.5, 0.6) is 0 Å². The van der Waals surface area contributed by atoms with Crippen LogP contribution >= 0.6 is 27.5 Å². The number of imidazole rings is 1. The number of nitrogens with one attached hydrogen (secondary N) is 1. The van der Waals surface area contributed by atoms with Crippen molar-refractivity contribution in [2.24, 2.45) is 5.41 Å². The summed E-state index contributed by atoms with van der Waals surface area (Å²) in [4.78, 5) is 45.0. The SMILES string of the molecule is CC1(C)CN(c2ccc(-n3c(C(=O)NCc4ccccc4)c4n(c3=O)CCN(C(=O)c3ccc(Br)c(Cl)c3)C4)cc2)C1. The maximum absolute atomic E-state index is 13.8. The average molecular weight is 649 g/mol. The summed E-state index contributed by atoms with van der Waals surface area (Å²) in [6, 6.07) is 22.4. The monoisotopic (exact) mass is 647 g/mol. The fraction of sp³-hybridized carbons (Fsp3) is 0.281. The van der Waals surface area contributed by atoms with Crippen LogP contribution in [0.2, 0.25) is 5.02 Å². The summed E-state index contributed by atoms with van der Waals surface area (Å²) in [6.45, 7) is 7.44. The zero-order chi connectivity index (χ0) is 29.6. The molecule has 1 N–H and O–H groups in total. The molecule has 0 saturated carbocycles. The number of amides is 2. The molecule has 0 atom stereocenters. The lowest BCUT2D eigenvalue weighted by atomic mass is 9.84. The number of anilines is 1. The molecule has 1 fully saturated rings. The van der Waals surface area contributed by atoms with Crippen LogP contribution in [0.1, 0.15) is 46.0 Å². The Balaban J connectivity index is 1.35. The van der Waals surface area contributed by atoms with Crippen LogP contribution in [0.3, 0.4) is 0 Å². The lowest BCUT2D eigenvalue weighted by Gasteiger charge is -2.47. The molecule has 8 nitrogen and oxygen atoms in total. The van der Waals surface area contributed by atoms with E-state index in [4.69, 9.17) is 11.6 Å². The fourth-order valence-corrected chi connectivity index (χ4v) is 6.19. The standard InChI is InChI=1S/C32H31BrClN5O3/c1-32(2)19-37(20-32)23-9-11-24(12-10-23)39-28(29(40)35-17-21-6-4-3-5-7-21)27-18-36(14-15-38(27)31(39)42)30(41)22-8-13-25(33)26(34)16-22/h3-13,16H,14-15,17-20H2,1-2H3,(H,35,40). The topological polar surface area (TPSA) is 79.6 Å². The van der Waals surface area contributed by atoms with Gasteiger partial charge in [0.05, 0.1) is 22.9 Å². The van der Waals surface area contributed by atoms with E-state index in [0.717, 1.165) is 24.3 Å². The van der Waals surface area contributed by atoms with E-state index in [9.17, 15) is 14.4 Å². The molecule has 2 aliphatic rings. The van der Waals surface area contributed by atoms with Crippen molar-refractivity contribution in [3.8, 4) is 5.69 Å². The predicted molar refractivity (Wildman–Crippen MR) is 168 cm³/mol. The Morgan fingerprint density at radius 1 is 0.952 bits per heavy atom. The molecule has 3 aromatic carbocycles. The second-order valence-corrected chi connectivity index (χ2v) is 12.9. The molecule has 0 bridgehead atoms. The van der Waals surface area contributed by atoms with Crippen LogP contribution in [0.25, 0.3) is 5.69 Å². The molecule has 1 aromatic heterocycles. The lowest BCUT2D eigenvalue weighted by Crippen LogP contribution is -2.53. The third-order valence-corrected chi connectivity index (χ3v) is 9.09. The molecule has 0 spiro atoms. The van der Waals surface area contributed by atoms with E-state index in [0.29, 0.717) is 39.5 Å². The Hall–Kier alpha value is -3.82. The highest BCUT2D eigenvalue weighted by Gasteiger charge is 2.35. The summed E-state index contributed by atoms with van der Waals surface area (Å²) >= 11 is 9.62. The van der Waals surface area contributed by atoms with Crippen molar-refractivity contribution in [1.82, 2.24) is 19.4 Å². The molecule has 0 aliphatic carbocycles. The number of hydrogen-bond donors (Lipinski definition) is 1. The van der Waals surface area contributed by atoms with Gasteiger partial charge in [-0.25, -0.2) is 4.79 Å². The molecule has 2 amide bonds. The number of benzene rings is 3. The van der Waals surface area contributed by atoms with Gasteiger partial charge in [-0.1, -0.05) is 55.8 Å². The average Bonchev–Trinajstić information content (AvgIpc) is 3.27. The minimum atomic E-state index is -0.376. The maximum atomic E-state index is 13.8. The number of carbonyl (C=O) groups excluding carboxylic acids is 2. The normalized spacial score (nSPS) is 15.6. The highest BCUT2D eigenvalue weighted by atomic mass is 79.9. The largest absolute Gasteiger partial charge is 0.370 e. The summed E-state index contributed by atoms with van der Waals surface area (Å²) in [5.41, 5.74) is 3.79. The van der Waals surface area contributed by atoms with Crippen LogP contribution in [-0.2, 0) is 19.6 Å². The van der Waals surface area contributed by atoms with E-state index in [1.165, 1.54) is 4.57 Å². The van der Waals surface area contributed by atoms with Gasteiger partial charge >= 0.3 is 5.69 Å². The molecule has 4 aromatic rings. The van der Waals surface area contributed by atoms with Crippen LogP contribution < -0.4 is 15.9 Å². The van der Waals surface area contributed by atoms with Crippen LogP contribution in [-0.4, -0.2) is 45.5 Å². The molecule has 10 heteroatoms. The minimum Gasteiger partial charge on any atom is -0.370 e. The Bertz CT molecular complexity index is 1720. The first-order chi connectivity index (χ1) is 20.1. The molecule has 42 heavy (non-hydrogen) atoms. The van der Waals surface area contributed by atoms with E-state index < -0.39 is 0 Å². The number of fused-ring (bicyclic) bond motifs is 1. The van der Waals surface area contributed by atoms with Crippen molar-refractivity contribution in [3.05, 3.63) is 115 Å². The van der Waals surface area contributed by atoms with Crippen LogP contribution in [0.15, 0.2) is 82.1 Å². The first kappa shape index (κ1) is 28.3.